The second-order valence-electron chi connectivity index (χ2n) is 5.79. The number of aromatic nitrogens is 2. The normalized spacial score (nSPS) is 13.6. The highest BCUT2D eigenvalue weighted by molar-refractivity contribution is 8.02. The van der Waals surface area contributed by atoms with Crippen LogP contribution in [0.2, 0.25) is 0 Å². The Morgan fingerprint density at radius 3 is 2.80 bits per heavy atom. The number of nitro benzene ring substituents is 1. The first-order valence-corrected chi connectivity index (χ1v) is 10.4. The largest absolute Gasteiger partial charge is 0.467 e. The van der Waals surface area contributed by atoms with E-state index in [9.17, 15) is 10.1 Å². The minimum Gasteiger partial charge on any atom is -0.467 e. The van der Waals surface area contributed by atoms with Crippen LogP contribution in [0.4, 0.5) is 5.69 Å². The zero-order chi connectivity index (χ0) is 17.8. The van der Waals surface area contributed by atoms with Crippen LogP contribution in [-0.4, -0.2) is 27.7 Å². The molecule has 0 unspecified atom stereocenters. The smallest absolute Gasteiger partial charge is 0.270 e. The van der Waals surface area contributed by atoms with E-state index in [4.69, 9.17) is 9.47 Å². The second-order valence-corrected chi connectivity index (χ2v) is 9.26. The van der Waals surface area contributed by atoms with E-state index in [1.54, 1.807) is 29.2 Å². The quantitative estimate of drug-likeness (QED) is 0.386. The Kier molecular flexibility index (Phi) is 6.15. The van der Waals surface area contributed by atoms with Crippen molar-refractivity contribution in [2.24, 2.45) is 5.92 Å². The summed E-state index contributed by atoms with van der Waals surface area (Å²) in [5.74, 6) is 2.82. The van der Waals surface area contributed by atoms with Crippen molar-refractivity contribution < 1.29 is 14.4 Å². The fourth-order valence-electron chi connectivity index (χ4n) is 2.18. The monoisotopic (exact) mass is 399 g/mol. The third-order valence-electron chi connectivity index (χ3n) is 3.26. The number of hydrogen-bond acceptors (Lipinski definition) is 9. The summed E-state index contributed by atoms with van der Waals surface area (Å²) in [5, 5.41) is 19.5. The van der Waals surface area contributed by atoms with Crippen LogP contribution in [0.5, 0.6) is 5.75 Å². The Labute approximate surface area is 157 Å². The van der Waals surface area contributed by atoms with Gasteiger partial charge in [0.15, 0.2) is 15.5 Å². The fourth-order valence-corrected chi connectivity index (χ4v) is 5.15. The van der Waals surface area contributed by atoms with E-state index in [0.717, 1.165) is 20.0 Å². The Bertz CT molecular complexity index is 766. The summed E-state index contributed by atoms with van der Waals surface area (Å²) in [6.45, 7) is 4.82. The molecule has 134 valence electrons. The minimum absolute atomic E-state index is 0.0499. The predicted molar refractivity (Wildman–Crippen MR) is 98.4 cm³/mol. The van der Waals surface area contributed by atoms with E-state index in [1.165, 1.54) is 17.8 Å². The van der Waals surface area contributed by atoms with Crippen molar-refractivity contribution in [2.75, 3.05) is 12.5 Å². The number of hydrogen-bond donors (Lipinski definition) is 0. The molecule has 0 atom stereocenters. The molecule has 1 aliphatic heterocycles. The molecule has 0 aliphatic carbocycles. The Balaban J connectivity index is 1.72. The summed E-state index contributed by atoms with van der Waals surface area (Å²) < 4.78 is 12.6. The third-order valence-corrected chi connectivity index (χ3v) is 6.93. The van der Waals surface area contributed by atoms with Crippen LogP contribution in [0.1, 0.15) is 25.0 Å². The van der Waals surface area contributed by atoms with Crippen LogP contribution in [-0.2, 0) is 17.1 Å². The highest BCUT2D eigenvalue weighted by Crippen LogP contribution is 2.37. The molecule has 0 saturated carbocycles. The number of thioether (sulfide) groups is 2. The molecule has 0 bridgehead atoms. The lowest BCUT2D eigenvalue weighted by molar-refractivity contribution is -0.385. The van der Waals surface area contributed by atoms with Gasteiger partial charge in [-0.25, -0.2) is 0 Å². The van der Waals surface area contributed by atoms with E-state index in [1.807, 2.05) is 0 Å². The number of ether oxygens (including phenoxy) is 2. The molecule has 7 nitrogen and oxygen atoms in total. The summed E-state index contributed by atoms with van der Waals surface area (Å²) >= 11 is 4.76. The van der Waals surface area contributed by atoms with Crippen LogP contribution < -0.4 is 4.74 Å². The second kappa shape index (κ2) is 8.35. The summed E-state index contributed by atoms with van der Waals surface area (Å²) in [6.07, 6.45) is 0. The molecule has 1 aliphatic rings. The fraction of sp³-hybridized carbons (Fsp3) is 0.467. The first kappa shape index (κ1) is 18.4. The maximum atomic E-state index is 11.1. The minimum atomic E-state index is -0.394. The molecule has 1 aromatic carbocycles. The summed E-state index contributed by atoms with van der Waals surface area (Å²) in [4.78, 5) is 10.7. The lowest BCUT2D eigenvalue weighted by Crippen LogP contribution is -2.13. The predicted octanol–water partition coefficient (Wildman–Crippen LogP) is 4.35. The van der Waals surface area contributed by atoms with Crippen molar-refractivity contribution in [2.45, 2.75) is 34.9 Å². The maximum absolute atomic E-state index is 11.1. The number of non-ortho nitro benzene ring substituents is 1. The molecule has 0 fully saturated rings. The van der Waals surface area contributed by atoms with Gasteiger partial charge in [-0.3, -0.25) is 10.1 Å². The van der Waals surface area contributed by atoms with Gasteiger partial charge in [-0.05, 0) is 5.92 Å². The number of benzene rings is 1. The van der Waals surface area contributed by atoms with E-state index < -0.39 is 4.92 Å². The first-order valence-electron chi connectivity index (χ1n) is 7.62. The van der Waals surface area contributed by atoms with Gasteiger partial charge in [0.25, 0.3) is 5.69 Å². The molecule has 3 rings (SSSR count). The topological polar surface area (TPSA) is 87.4 Å². The van der Waals surface area contributed by atoms with Gasteiger partial charge in [-0.2, -0.15) is 0 Å². The van der Waals surface area contributed by atoms with E-state index in [0.29, 0.717) is 29.6 Å². The van der Waals surface area contributed by atoms with Crippen LogP contribution in [0.3, 0.4) is 0 Å². The van der Waals surface area contributed by atoms with Gasteiger partial charge < -0.3 is 9.47 Å². The lowest BCUT2D eigenvalue weighted by atomic mass is 10.1. The number of fused-ring (bicyclic) bond motifs is 1. The molecule has 0 saturated heterocycles. The summed E-state index contributed by atoms with van der Waals surface area (Å²) in [7, 11) is 0. The van der Waals surface area contributed by atoms with Crippen LogP contribution in [0.25, 0.3) is 0 Å². The van der Waals surface area contributed by atoms with Crippen molar-refractivity contribution in [3.63, 3.8) is 0 Å². The van der Waals surface area contributed by atoms with Crippen LogP contribution in [0, 0.1) is 16.0 Å². The molecule has 10 heteroatoms. The van der Waals surface area contributed by atoms with E-state index in [-0.39, 0.29) is 12.5 Å². The zero-order valence-electron chi connectivity index (χ0n) is 13.8. The van der Waals surface area contributed by atoms with Gasteiger partial charge in [-0.1, -0.05) is 48.7 Å². The van der Waals surface area contributed by atoms with Gasteiger partial charge in [0.1, 0.15) is 5.75 Å². The Morgan fingerprint density at radius 2 is 2.08 bits per heavy atom. The Morgan fingerprint density at radius 1 is 1.32 bits per heavy atom. The van der Waals surface area contributed by atoms with E-state index in [2.05, 4.69) is 24.0 Å². The molecule has 0 N–H and O–H groups in total. The third kappa shape index (κ3) is 4.84. The molecule has 0 amide bonds. The number of nitrogens with zero attached hydrogens (tertiary/aromatic N) is 3. The van der Waals surface area contributed by atoms with Gasteiger partial charge in [0.05, 0.1) is 11.5 Å². The molecule has 2 heterocycles. The zero-order valence-corrected chi connectivity index (χ0v) is 16.2. The van der Waals surface area contributed by atoms with Gasteiger partial charge in [0, 0.05) is 34.8 Å². The Hall–Kier alpha value is -1.36. The molecular formula is C15H17N3O4S3. The molecule has 2 aromatic rings. The average molecular weight is 400 g/mol. The molecule has 0 spiro atoms. The molecular weight excluding hydrogens is 382 g/mol. The first-order chi connectivity index (χ1) is 12.0. The van der Waals surface area contributed by atoms with Crippen LogP contribution in [0.15, 0.2) is 20.8 Å². The van der Waals surface area contributed by atoms with Gasteiger partial charge in [-0.15, -0.1) is 10.2 Å². The van der Waals surface area contributed by atoms with Crippen molar-refractivity contribution in [3.8, 4) is 5.75 Å². The average Bonchev–Trinajstić information content (AvgIpc) is 3.05. The molecule has 25 heavy (non-hydrogen) atoms. The molecule has 1 aromatic heterocycles. The van der Waals surface area contributed by atoms with Gasteiger partial charge >= 0.3 is 0 Å². The summed E-state index contributed by atoms with van der Waals surface area (Å²) in [5.41, 5.74) is 1.54. The van der Waals surface area contributed by atoms with Crippen molar-refractivity contribution >= 4 is 40.5 Å². The highest BCUT2D eigenvalue weighted by Gasteiger charge is 2.21. The number of rotatable bonds is 7. The maximum Gasteiger partial charge on any atom is 0.270 e. The molecule has 0 radical (unpaired) electrons. The van der Waals surface area contributed by atoms with Gasteiger partial charge in [0.2, 0.25) is 0 Å². The highest BCUT2D eigenvalue weighted by atomic mass is 32.2. The van der Waals surface area contributed by atoms with Crippen molar-refractivity contribution in [3.05, 3.63) is 33.4 Å². The lowest BCUT2D eigenvalue weighted by Gasteiger charge is -2.20. The van der Waals surface area contributed by atoms with Crippen LogP contribution >= 0.6 is 34.9 Å². The van der Waals surface area contributed by atoms with Crippen molar-refractivity contribution in [1.82, 2.24) is 10.2 Å². The summed E-state index contributed by atoms with van der Waals surface area (Å²) in [6, 6.07) is 3.07. The van der Waals surface area contributed by atoms with Crippen molar-refractivity contribution in [1.29, 1.82) is 0 Å². The number of nitro groups is 1. The van der Waals surface area contributed by atoms with E-state index >= 15 is 0 Å². The SMILES string of the molecule is CC(C)CSc1nnc(SCc2cc([N+](=O)[O-])cc3c2OCOC3)s1. The standard InChI is InChI=1S/C15H17N3O4S3/c1-9(2)6-23-14-16-17-15(25-14)24-7-11-4-12(18(19)20)3-10-5-21-8-22-13(10)11/h3-4,9H,5-8H2,1-2H3.